The summed E-state index contributed by atoms with van der Waals surface area (Å²) in [7, 11) is -3.92. The van der Waals surface area contributed by atoms with E-state index in [0.29, 0.717) is 5.39 Å². The zero-order chi connectivity index (χ0) is 14.8. The zero-order valence-corrected chi connectivity index (χ0v) is 12.1. The highest BCUT2D eigenvalue weighted by Gasteiger charge is 2.25. The number of aliphatic carboxylic acids is 1. The first-order chi connectivity index (χ1) is 9.45. The van der Waals surface area contributed by atoms with Crippen molar-refractivity contribution in [3.63, 3.8) is 0 Å². The minimum absolute atomic E-state index is 0.0589. The number of thiol groups is 1. The van der Waals surface area contributed by atoms with Gasteiger partial charge < -0.3 is 5.11 Å². The zero-order valence-electron chi connectivity index (χ0n) is 10.4. The summed E-state index contributed by atoms with van der Waals surface area (Å²) in [5.41, 5.74) is 0. The molecular formula is C13H13NO4S2. The maximum absolute atomic E-state index is 12.3. The Kier molecular flexibility index (Phi) is 4.32. The van der Waals surface area contributed by atoms with Crippen molar-refractivity contribution in [2.24, 2.45) is 0 Å². The molecule has 20 heavy (non-hydrogen) atoms. The predicted molar refractivity (Wildman–Crippen MR) is 79.5 cm³/mol. The molecule has 0 saturated heterocycles. The number of carbonyl (C=O) groups is 1. The summed E-state index contributed by atoms with van der Waals surface area (Å²) >= 11 is 3.85. The van der Waals surface area contributed by atoms with Crippen molar-refractivity contribution in [3.05, 3.63) is 42.5 Å². The lowest BCUT2D eigenvalue weighted by Gasteiger charge is -2.13. The molecular weight excluding hydrogens is 298 g/mol. The van der Waals surface area contributed by atoms with Gasteiger partial charge in [-0.05, 0) is 11.5 Å². The van der Waals surface area contributed by atoms with Gasteiger partial charge in [-0.15, -0.1) is 0 Å². The van der Waals surface area contributed by atoms with Crippen molar-refractivity contribution in [2.75, 3.05) is 5.75 Å². The molecule has 2 aromatic rings. The molecule has 0 unspecified atom stereocenters. The lowest BCUT2D eigenvalue weighted by Crippen LogP contribution is -2.42. The number of rotatable bonds is 5. The summed E-state index contributed by atoms with van der Waals surface area (Å²) in [5, 5.41) is 10.2. The van der Waals surface area contributed by atoms with Crippen molar-refractivity contribution >= 4 is 39.4 Å². The fourth-order valence-corrected chi connectivity index (χ4v) is 3.64. The first-order valence-corrected chi connectivity index (χ1v) is 7.91. The van der Waals surface area contributed by atoms with Gasteiger partial charge in [0.2, 0.25) is 10.0 Å². The minimum Gasteiger partial charge on any atom is -0.480 e. The number of sulfonamides is 1. The van der Waals surface area contributed by atoms with Gasteiger partial charge >= 0.3 is 5.97 Å². The molecule has 1 atom stereocenters. The third-order valence-electron chi connectivity index (χ3n) is 2.82. The van der Waals surface area contributed by atoms with Crippen LogP contribution in [0.25, 0.3) is 10.8 Å². The van der Waals surface area contributed by atoms with E-state index in [1.807, 2.05) is 0 Å². The molecule has 0 radical (unpaired) electrons. The number of benzene rings is 2. The largest absolute Gasteiger partial charge is 0.480 e. The second-order valence-electron chi connectivity index (χ2n) is 4.17. The van der Waals surface area contributed by atoms with Crippen LogP contribution in [0.15, 0.2) is 47.4 Å². The summed E-state index contributed by atoms with van der Waals surface area (Å²) < 4.78 is 26.8. The summed E-state index contributed by atoms with van der Waals surface area (Å²) in [6.07, 6.45) is 0. The first-order valence-electron chi connectivity index (χ1n) is 5.79. The molecule has 0 aromatic heterocycles. The Hall–Kier alpha value is -1.57. The molecule has 0 fully saturated rings. The number of fused-ring (bicyclic) bond motifs is 1. The Balaban J connectivity index is 2.50. The van der Waals surface area contributed by atoms with Crippen LogP contribution in [0, 0.1) is 0 Å². The molecule has 0 aliphatic heterocycles. The van der Waals surface area contributed by atoms with Crippen LogP contribution in [0.4, 0.5) is 0 Å². The molecule has 2 aromatic carbocycles. The summed E-state index contributed by atoms with van der Waals surface area (Å²) in [6.45, 7) is 0. The Morgan fingerprint density at radius 3 is 2.50 bits per heavy atom. The van der Waals surface area contributed by atoms with Gasteiger partial charge in [0.05, 0.1) is 4.90 Å². The van der Waals surface area contributed by atoms with Crippen LogP contribution in [0.3, 0.4) is 0 Å². The van der Waals surface area contributed by atoms with Crippen molar-refractivity contribution < 1.29 is 18.3 Å². The van der Waals surface area contributed by atoms with Gasteiger partial charge in [0, 0.05) is 11.1 Å². The van der Waals surface area contributed by atoms with Gasteiger partial charge in [0.25, 0.3) is 0 Å². The fourth-order valence-electron chi connectivity index (χ4n) is 1.85. The molecule has 0 aliphatic carbocycles. The molecule has 5 nitrogen and oxygen atoms in total. The summed E-state index contributed by atoms with van der Waals surface area (Å²) in [6, 6.07) is 10.6. The Morgan fingerprint density at radius 2 is 1.85 bits per heavy atom. The number of hydrogen-bond donors (Lipinski definition) is 3. The van der Waals surface area contributed by atoms with Gasteiger partial charge in [0.15, 0.2) is 0 Å². The van der Waals surface area contributed by atoms with Crippen molar-refractivity contribution in [3.8, 4) is 0 Å². The van der Waals surface area contributed by atoms with Crippen LogP contribution >= 0.6 is 12.6 Å². The molecule has 0 bridgehead atoms. The molecule has 0 saturated carbocycles. The maximum atomic E-state index is 12.3. The monoisotopic (exact) mass is 311 g/mol. The molecule has 106 valence electrons. The second kappa shape index (κ2) is 5.82. The number of carboxylic acids is 1. The Morgan fingerprint density at radius 1 is 1.20 bits per heavy atom. The lowest BCUT2D eigenvalue weighted by atomic mass is 10.1. The van der Waals surface area contributed by atoms with E-state index >= 15 is 0 Å². The van der Waals surface area contributed by atoms with E-state index in [9.17, 15) is 13.2 Å². The van der Waals surface area contributed by atoms with Crippen LogP contribution in [0.1, 0.15) is 0 Å². The molecule has 2 rings (SSSR count). The average Bonchev–Trinajstić information content (AvgIpc) is 2.43. The third kappa shape index (κ3) is 2.95. The van der Waals surface area contributed by atoms with Crippen LogP contribution in [-0.4, -0.2) is 31.3 Å². The van der Waals surface area contributed by atoms with E-state index in [2.05, 4.69) is 17.4 Å². The van der Waals surface area contributed by atoms with E-state index in [4.69, 9.17) is 5.11 Å². The van der Waals surface area contributed by atoms with Gasteiger partial charge in [-0.2, -0.15) is 17.4 Å². The smallest absolute Gasteiger partial charge is 0.322 e. The molecule has 7 heteroatoms. The van der Waals surface area contributed by atoms with Crippen LogP contribution < -0.4 is 4.72 Å². The molecule has 0 heterocycles. The van der Waals surface area contributed by atoms with E-state index < -0.39 is 22.0 Å². The SMILES string of the molecule is O=C(O)[C@H](CS)NS(=O)(=O)c1cccc2ccccc12. The Bertz CT molecular complexity index is 738. The van der Waals surface area contributed by atoms with Gasteiger partial charge in [0.1, 0.15) is 6.04 Å². The summed E-state index contributed by atoms with van der Waals surface area (Å²) in [4.78, 5) is 11.0. The standard InChI is InChI=1S/C13H13NO4S2/c15-13(16)11(8-19)14-20(17,18)12-7-3-5-9-4-1-2-6-10(9)12/h1-7,11,14,19H,8H2,(H,15,16)/t11-/m0/s1. The fraction of sp³-hybridized carbons (Fsp3) is 0.154. The van der Waals surface area contributed by atoms with Crippen molar-refractivity contribution in [2.45, 2.75) is 10.9 Å². The van der Waals surface area contributed by atoms with Gasteiger partial charge in [-0.1, -0.05) is 36.4 Å². The van der Waals surface area contributed by atoms with E-state index in [-0.39, 0.29) is 10.6 Å². The highest BCUT2D eigenvalue weighted by atomic mass is 32.2. The van der Waals surface area contributed by atoms with E-state index in [1.54, 1.807) is 36.4 Å². The molecule has 0 amide bonds. The quantitative estimate of drug-likeness (QED) is 0.731. The first kappa shape index (κ1) is 14.8. The van der Waals surface area contributed by atoms with Crippen molar-refractivity contribution in [1.82, 2.24) is 4.72 Å². The number of hydrogen-bond acceptors (Lipinski definition) is 4. The lowest BCUT2D eigenvalue weighted by molar-refractivity contribution is -0.138. The van der Waals surface area contributed by atoms with Crippen LogP contribution in [-0.2, 0) is 14.8 Å². The predicted octanol–water partition coefficient (Wildman–Crippen LogP) is 1.50. The second-order valence-corrected chi connectivity index (χ2v) is 6.22. The third-order valence-corrected chi connectivity index (χ3v) is 4.71. The normalized spacial score (nSPS) is 13.2. The van der Waals surface area contributed by atoms with Crippen LogP contribution in [0.2, 0.25) is 0 Å². The van der Waals surface area contributed by atoms with E-state index in [0.717, 1.165) is 5.39 Å². The molecule has 2 N–H and O–H groups in total. The topological polar surface area (TPSA) is 83.5 Å². The van der Waals surface area contributed by atoms with E-state index in [1.165, 1.54) is 6.07 Å². The molecule has 0 spiro atoms. The highest BCUT2D eigenvalue weighted by Crippen LogP contribution is 2.22. The van der Waals surface area contributed by atoms with Gasteiger partial charge in [-0.25, -0.2) is 8.42 Å². The summed E-state index contributed by atoms with van der Waals surface area (Å²) in [5.74, 6) is -1.39. The highest BCUT2D eigenvalue weighted by molar-refractivity contribution is 7.89. The Labute approximate surface area is 122 Å². The number of nitrogens with one attached hydrogen (secondary N) is 1. The number of carboxylic acid groups (broad SMARTS) is 1. The maximum Gasteiger partial charge on any atom is 0.322 e. The van der Waals surface area contributed by atoms with Crippen molar-refractivity contribution in [1.29, 1.82) is 0 Å². The van der Waals surface area contributed by atoms with Crippen LogP contribution in [0.5, 0.6) is 0 Å². The average molecular weight is 311 g/mol. The minimum atomic E-state index is -3.92. The van der Waals surface area contributed by atoms with Gasteiger partial charge in [-0.3, -0.25) is 4.79 Å². The molecule has 0 aliphatic rings.